The first kappa shape index (κ1) is 15.5. The zero-order valence-electron chi connectivity index (χ0n) is 11.8. The summed E-state index contributed by atoms with van der Waals surface area (Å²) in [5, 5.41) is 2.76. The molecule has 0 bridgehead atoms. The van der Waals surface area contributed by atoms with Crippen LogP contribution in [0.15, 0.2) is 24.3 Å². The van der Waals surface area contributed by atoms with E-state index in [-0.39, 0.29) is 30.7 Å². The van der Waals surface area contributed by atoms with Gasteiger partial charge in [0, 0.05) is 6.54 Å². The van der Waals surface area contributed by atoms with Crippen molar-refractivity contribution in [1.29, 1.82) is 0 Å². The maximum absolute atomic E-state index is 11.9. The topological polar surface area (TPSA) is 102 Å². The van der Waals surface area contributed by atoms with Crippen LogP contribution in [0.4, 0.5) is 4.79 Å². The molecule has 0 unspecified atom stereocenters. The Balaban J connectivity index is 1.87. The molecule has 0 aliphatic carbocycles. The van der Waals surface area contributed by atoms with Crippen LogP contribution in [0.3, 0.4) is 0 Å². The lowest BCUT2D eigenvalue weighted by atomic mass is 10.1. The molecule has 8 heteroatoms. The van der Waals surface area contributed by atoms with Gasteiger partial charge in [-0.05, 0) is 19.1 Å². The van der Waals surface area contributed by atoms with E-state index in [1.165, 1.54) is 12.1 Å². The first-order valence-corrected chi connectivity index (χ1v) is 6.63. The minimum atomic E-state index is -0.814. The van der Waals surface area contributed by atoms with E-state index in [0.29, 0.717) is 5.06 Å². The Labute approximate surface area is 125 Å². The van der Waals surface area contributed by atoms with Gasteiger partial charge >= 0.3 is 12.1 Å². The molecular formula is C14H14N2O6. The molecule has 0 saturated carbocycles. The number of carbonyl (C=O) groups is 4. The highest BCUT2D eigenvalue weighted by atomic mass is 16.7. The van der Waals surface area contributed by atoms with Gasteiger partial charge < -0.3 is 14.9 Å². The quantitative estimate of drug-likeness (QED) is 0.810. The standard InChI is InChI=1S/C14H14N2O6/c1-2-21-14(20)15-8-7-11(17)22-16-12(18)9-5-3-4-6-10(9)13(16)19/h3-6H,2,7-8H2,1H3,(H,15,20). The first-order valence-electron chi connectivity index (χ1n) is 6.63. The van der Waals surface area contributed by atoms with Gasteiger partial charge in [-0.2, -0.15) is 0 Å². The molecule has 1 aromatic carbocycles. The minimum Gasteiger partial charge on any atom is -0.450 e. The van der Waals surface area contributed by atoms with Crippen molar-refractivity contribution in [2.45, 2.75) is 13.3 Å². The van der Waals surface area contributed by atoms with E-state index >= 15 is 0 Å². The first-order chi connectivity index (χ1) is 10.5. The number of hydrogen-bond donors (Lipinski definition) is 1. The monoisotopic (exact) mass is 306 g/mol. The average molecular weight is 306 g/mol. The smallest absolute Gasteiger partial charge is 0.407 e. The maximum Gasteiger partial charge on any atom is 0.407 e. The molecule has 0 spiro atoms. The van der Waals surface area contributed by atoms with Crippen molar-refractivity contribution in [3.8, 4) is 0 Å². The second-order valence-electron chi connectivity index (χ2n) is 4.31. The zero-order valence-corrected chi connectivity index (χ0v) is 11.8. The van der Waals surface area contributed by atoms with Crippen molar-refractivity contribution in [3.05, 3.63) is 35.4 Å². The number of ether oxygens (including phenoxy) is 1. The second kappa shape index (κ2) is 6.70. The van der Waals surface area contributed by atoms with E-state index in [2.05, 4.69) is 10.1 Å². The average Bonchev–Trinajstić information content (AvgIpc) is 2.73. The molecule has 2 rings (SSSR count). The molecule has 8 nitrogen and oxygen atoms in total. The number of rotatable bonds is 5. The summed E-state index contributed by atoms with van der Waals surface area (Å²) in [7, 11) is 0. The molecule has 22 heavy (non-hydrogen) atoms. The fraction of sp³-hybridized carbons (Fsp3) is 0.286. The van der Waals surface area contributed by atoms with Crippen LogP contribution in [0.2, 0.25) is 0 Å². The van der Waals surface area contributed by atoms with E-state index in [9.17, 15) is 19.2 Å². The molecule has 0 atom stereocenters. The van der Waals surface area contributed by atoms with Gasteiger partial charge in [-0.25, -0.2) is 9.59 Å². The zero-order chi connectivity index (χ0) is 16.1. The third kappa shape index (κ3) is 3.22. The van der Waals surface area contributed by atoms with Gasteiger partial charge in [0.2, 0.25) is 0 Å². The molecule has 3 amide bonds. The van der Waals surface area contributed by atoms with Crippen LogP contribution in [-0.2, 0) is 14.4 Å². The lowest BCUT2D eigenvalue weighted by Crippen LogP contribution is -2.34. The van der Waals surface area contributed by atoms with E-state index in [4.69, 9.17) is 4.84 Å². The molecule has 0 radical (unpaired) electrons. The van der Waals surface area contributed by atoms with Gasteiger partial charge in [0.05, 0.1) is 24.2 Å². The molecule has 0 aromatic heterocycles. The van der Waals surface area contributed by atoms with Crippen LogP contribution in [0.1, 0.15) is 34.1 Å². The largest absolute Gasteiger partial charge is 0.450 e. The van der Waals surface area contributed by atoms with Gasteiger partial charge in [0.1, 0.15) is 0 Å². The Morgan fingerprint density at radius 2 is 1.73 bits per heavy atom. The molecule has 116 valence electrons. The van der Waals surface area contributed by atoms with Crippen molar-refractivity contribution in [3.63, 3.8) is 0 Å². The maximum atomic E-state index is 11.9. The summed E-state index contributed by atoms with van der Waals surface area (Å²) in [6.07, 6.45) is -0.859. The Kier molecular flexibility index (Phi) is 4.72. The Morgan fingerprint density at radius 3 is 2.27 bits per heavy atom. The van der Waals surface area contributed by atoms with E-state index in [0.717, 1.165) is 0 Å². The van der Waals surface area contributed by atoms with E-state index in [1.807, 2.05) is 0 Å². The van der Waals surface area contributed by atoms with E-state index < -0.39 is 23.9 Å². The molecule has 1 N–H and O–H groups in total. The van der Waals surface area contributed by atoms with Crippen LogP contribution in [0.5, 0.6) is 0 Å². The highest BCUT2D eigenvalue weighted by Gasteiger charge is 2.38. The number of nitrogens with one attached hydrogen (secondary N) is 1. The third-order valence-electron chi connectivity index (χ3n) is 2.82. The van der Waals surface area contributed by atoms with Gasteiger partial charge in [0.15, 0.2) is 0 Å². The lowest BCUT2D eigenvalue weighted by molar-refractivity contribution is -0.168. The lowest BCUT2D eigenvalue weighted by Gasteiger charge is -2.12. The highest BCUT2D eigenvalue weighted by Crippen LogP contribution is 2.22. The molecule has 1 aliphatic heterocycles. The fourth-order valence-corrected chi connectivity index (χ4v) is 1.85. The predicted molar refractivity (Wildman–Crippen MR) is 72.7 cm³/mol. The summed E-state index contributed by atoms with van der Waals surface area (Å²) in [5.74, 6) is -2.19. The summed E-state index contributed by atoms with van der Waals surface area (Å²) < 4.78 is 4.61. The number of amides is 3. The number of carbonyl (C=O) groups excluding carboxylic acids is 4. The Morgan fingerprint density at radius 1 is 1.14 bits per heavy atom. The SMILES string of the molecule is CCOC(=O)NCCC(=O)ON1C(=O)c2ccccc2C1=O. The number of benzene rings is 1. The normalized spacial score (nSPS) is 12.9. The second-order valence-corrected chi connectivity index (χ2v) is 4.31. The van der Waals surface area contributed by atoms with Gasteiger partial charge in [0.25, 0.3) is 11.8 Å². The van der Waals surface area contributed by atoms with Crippen molar-refractivity contribution in [1.82, 2.24) is 10.4 Å². The Hall–Kier alpha value is -2.90. The molecule has 1 aromatic rings. The highest BCUT2D eigenvalue weighted by molar-refractivity contribution is 6.20. The summed E-state index contributed by atoms with van der Waals surface area (Å²) in [4.78, 5) is 51.3. The number of hydrogen-bond acceptors (Lipinski definition) is 6. The third-order valence-corrected chi connectivity index (χ3v) is 2.82. The van der Waals surface area contributed by atoms with Crippen LogP contribution in [0, 0.1) is 0 Å². The molecule has 1 heterocycles. The number of fused-ring (bicyclic) bond motifs is 1. The van der Waals surface area contributed by atoms with Crippen LogP contribution < -0.4 is 5.32 Å². The Bertz CT molecular complexity index is 593. The van der Waals surface area contributed by atoms with Crippen molar-refractivity contribution >= 4 is 23.9 Å². The molecule has 0 fully saturated rings. The van der Waals surface area contributed by atoms with Crippen molar-refractivity contribution in [2.24, 2.45) is 0 Å². The fourth-order valence-electron chi connectivity index (χ4n) is 1.85. The number of alkyl carbamates (subject to hydrolysis) is 1. The summed E-state index contributed by atoms with van der Waals surface area (Å²) in [5.41, 5.74) is 0.370. The predicted octanol–water partition coefficient (Wildman–Crippen LogP) is 0.877. The van der Waals surface area contributed by atoms with E-state index in [1.54, 1.807) is 19.1 Å². The van der Waals surface area contributed by atoms with Gasteiger partial charge in [-0.3, -0.25) is 9.59 Å². The number of hydroxylamine groups is 2. The molecule has 0 saturated heterocycles. The minimum absolute atomic E-state index is 0.0269. The van der Waals surface area contributed by atoms with Crippen LogP contribution in [0.25, 0.3) is 0 Å². The number of nitrogens with zero attached hydrogens (tertiary/aromatic N) is 1. The summed E-state index contributed by atoms with van der Waals surface area (Å²) in [6, 6.07) is 6.18. The van der Waals surface area contributed by atoms with Crippen LogP contribution >= 0.6 is 0 Å². The van der Waals surface area contributed by atoms with Gasteiger partial charge in [-0.15, -0.1) is 0 Å². The van der Waals surface area contributed by atoms with Crippen molar-refractivity contribution in [2.75, 3.05) is 13.2 Å². The van der Waals surface area contributed by atoms with Gasteiger partial charge in [-0.1, -0.05) is 17.2 Å². The molecular weight excluding hydrogens is 292 g/mol. The number of imide groups is 1. The molecule has 1 aliphatic rings. The van der Waals surface area contributed by atoms with Crippen LogP contribution in [-0.4, -0.2) is 42.1 Å². The van der Waals surface area contributed by atoms with Crippen molar-refractivity contribution < 1.29 is 28.8 Å². The summed E-state index contributed by atoms with van der Waals surface area (Å²) in [6.45, 7) is 1.84. The summed E-state index contributed by atoms with van der Waals surface area (Å²) >= 11 is 0.